The Balaban J connectivity index is 0.000000159. The second kappa shape index (κ2) is 10.8. The first kappa shape index (κ1) is 19.3. The molecule has 24 heavy (non-hydrogen) atoms. The summed E-state index contributed by atoms with van der Waals surface area (Å²) in [5.41, 5.74) is 5.73. The summed E-state index contributed by atoms with van der Waals surface area (Å²) in [7, 11) is 0. The van der Waals surface area contributed by atoms with Crippen molar-refractivity contribution in [2.45, 2.75) is 38.8 Å². The Morgan fingerprint density at radius 2 is 1.79 bits per heavy atom. The van der Waals surface area contributed by atoms with Crippen LogP contribution in [0.1, 0.15) is 31.4 Å². The molecule has 0 amide bonds. The van der Waals surface area contributed by atoms with E-state index in [0.29, 0.717) is 0 Å². The minimum Gasteiger partial charge on any atom is -0.273 e. The molecule has 2 aromatic carbocycles. The molecule has 2 aliphatic carbocycles. The van der Waals surface area contributed by atoms with Gasteiger partial charge in [-0.1, -0.05) is 35.4 Å². The predicted molar refractivity (Wildman–Crippen MR) is 102 cm³/mol. The maximum Gasteiger partial charge on any atom is -0.0253 e. The number of fused-ring (bicyclic) bond motifs is 3. The Morgan fingerprint density at radius 3 is 2.38 bits per heavy atom. The van der Waals surface area contributed by atoms with E-state index >= 15 is 0 Å². The van der Waals surface area contributed by atoms with Crippen molar-refractivity contribution in [2.75, 3.05) is 0 Å². The average Bonchev–Trinajstić information content (AvgIpc) is 3.32. The van der Waals surface area contributed by atoms with Gasteiger partial charge in [0, 0.05) is 0 Å². The summed E-state index contributed by atoms with van der Waals surface area (Å²) in [6.07, 6.45) is 11.0. The van der Waals surface area contributed by atoms with Gasteiger partial charge in [0.25, 0.3) is 0 Å². The van der Waals surface area contributed by atoms with Gasteiger partial charge in [0.05, 0.1) is 0 Å². The normalized spacial score (nSPS) is 12.5. The number of hydrogen-bond donors (Lipinski definition) is 0. The van der Waals surface area contributed by atoms with E-state index in [1.807, 2.05) is 18.2 Å². The molecule has 0 aromatic heterocycles. The van der Waals surface area contributed by atoms with Gasteiger partial charge in [-0.2, -0.15) is 35.9 Å². The zero-order chi connectivity index (χ0) is 17.2. The Morgan fingerprint density at radius 1 is 1.04 bits per heavy atom. The van der Waals surface area contributed by atoms with Crippen molar-refractivity contribution in [3.63, 3.8) is 0 Å². The van der Waals surface area contributed by atoms with Gasteiger partial charge >= 0.3 is 54.7 Å². The second-order valence-corrected chi connectivity index (χ2v) is 13.5. The van der Waals surface area contributed by atoms with Crippen molar-refractivity contribution < 1.29 is 23.3 Å². The first-order chi connectivity index (χ1) is 11.8. The van der Waals surface area contributed by atoms with E-state index < -0.39 is 0 Å². The standard InChI is InChI=1S/C13H9.C5H5.C4H10Si.Zr/c1-3-7-12-10(5-1)9-11-6-2-4-8-13(11)12;1-2-4-5-3-1;1-3-5-4-2;/h1-5,7-8H,9H2;1-3H,4H2;3-4H2,1-2H3;/q2*-1;;+2. The van der Waals surface area contributed by atoms with Gasteiger partial charge in [-0.25, -0.2) is 12.2 Å². The molecule has 2 aromatic rings. The molecule has 2 heteroatoms. The summed E-state index contributed by atoms with van der Waals surface area (Å²) in [5, 5.41) is 0. The molecule has 0 saturated carbocycles. The molecule has 2 aliphatic rings. The van der Waals surface area contributed by atoms with Crippen LogP contribution in [0.15, 0.2) is 60.7 Å². The maximum absolute atomic E-state index is 3.30. The fourth-order valence-electron chi connectivity index (χ4n) is 2.59. The van der Waals surface area contributed by atoms with E-state index in [1.54, 1.807) is 23.3 Å². The predicted octanol–water partition coefficient (Wildman–Crippen LogP) is 5.93. The van der Waals surface area contributed by atoms with Crippen LogP contribution in [0.2, 0.25) is 12.1 Å². The molecule has 0 unspecified atom stereocenters. The van der Waals surface area contributed by atoms with Crippen molar-refractivity contribution in [1.82, 2.24) is 0 Å². The first-order valence-electron chi connectivity index (χ1n) is 8.62. The maximum atomic E-state index is 3.30. The molecular weight excluding hydrogens is 384 g/mol. The van der Waals surface area contributed by atoms with Gasteiger partial charge in [0.15, 0.2) is 0 Å². The number of allylic oxidation sites excluding steroid dienone is 4. The Labute approximate surface area is 162 Å². The minimum atomic E-state index is 0.222. The molecular formula is C22H24SiZr. The monoisotopic (exact) mass is 406 g/mol. The Kier molecular flexibility index (Phi) is 8.70. The summed E-state index contributed by atoms with van der Waals surface area (Å²) >= 11 is 1.80. The summed E-state index contributed by atoms with van der Waals surface area (Å²) in [5.74, 6) is 0. The second-order valence-electron chi connectivity index (χ2n) is 5.71. The van der Waals surface area contributed by atoms with Crippen molar-refractivity contribution in [3.05, 3.63) is 84.0 Å². The third kappa shape index (κ3) is 5.83. The molecule has 0 radical (unpaired) electrons. The van der Waals surface area contributed by atoms with E-state index in [0.717, 1.165) is 12.8 Å². The average molecular weight is 408 g/mol. The van der Waals surface area contributed by atoms with Crippen LogP contribution in [-0.2, 0) is 29.8 Å². The number of benzene rings is 2. The molecule has 0 nitrogen and oxygen atoms in total. The molecule has 0 fully saturated rings. The van der Waals surface area contributed by atoms with Crippen molar-refractivity contribution >= 4 is 5.43 Å². The Bertz CT molecular complexity index is 669. The van der Waals surface area contributed by atoms with Gasteiger partial charge < -0.3 is 0 Å². The van der Waals surface area contributed by atoms with E-state index in [-0.39, 0.29) is 5.43 Å². The largest absolute Gasteiger partial charge is 0.273 e. The zero-order valence-corrected chi connectivity index (χ0v) is 18.1. The molecule has 0 heterocycles. The van der Waals surface area contributed by atoms with Crippen LogP contribution in [0.4, 0.5) is 0 Å². The topological polar surface area (TPSA) is 0 Å². The molecule has 4 rings (SSSR count). The smallest absolute Gasteiger partial charge is 0.0253 e. The fraction of sp³-hybridized carbons (Fsp3) is 0.273. The van der Waals surface area contributed by atoms with Crippen LogP contribution >= 0.6 is 0 Å². The summed E-state index contributed by atoms with van der Waals surface area (Å²) in [6.45, 7) is 4.60. The fourth-order valence-corrected chi connectivity index (χ4v) is 3.09. The van der Waals surface area contributed by atoms with Crippen LogP contribution in [0.3, 0.4) is 0 Å². The van der Waals surface area contributed by atoms with Gasteiger partial charge in [-0.15, -0.1) is 12.0 Å². The van der Waals surface area contributed by atoms with Crippen LogP contribution in [0.5, 0.6) is 0 Å². The summed E-state index contributed by atoms with van der Waals surface area (Å²) in [6, 6.07) is 21.1. The first-order valence-corrected chi connectivity index (χ1v) is 14.2. The van der Waals surface area contributed by atoms with Gasteiger partial charge in [0.2, 0.25) is 0 Å². The van der Waals surface area contributed by atoms with Crippen LogP contribution in [0, 0.1) is 12.1 Å². The zero-order valence-electron chi connectivity index (χ0n) is 14.6. The van der Waals surface area contributed by atoms with Crippen molar-refractivity contribution in [1.29, 1.82) is 0 Å². The molecule has 0 aliphatic heterocycles. The molecule has 0 atom stereocenters. The van der Waals surface area contributed by atoms with E-state index in [4.69, 9.17) is 0 Å². The van der Waals surface area contributed by atoms with Crippen molar-refractivity contribution in [3.8, 4) is 11.1 Å². The summed E-state index contributed by atoms with van der Waals surface area (Å²) in [4.78, 5) is 0. The minimum absolute atomic E-state index is 0.222. The van der Waals surface area contributed by atoms with Crippen LogP contribution in [-0.4, -0.2) is 5.43 Å². The number of rotatable bonds is 2. The van der Waals surface area contributed by atoms with E-state index in [9.17, 15) is 0 Å². The van der Waals surface area contributed by atoms with Crippen LogP contribution < -0.4 is 0 Å². The summed E-state index contributed by atoms with van der Waals surface area (Å²) < 4.78 is 0. The molecule has 0 bridgehead atoms. The molecule has 0 spiro atoms. The van der Waals surface area contributed by atoms with Gasteiger partial charge in [0.1, 0.15) is 0 Å². The van der Waals surface area contributed by atoms with E-state index in [1.165, 1.54) is 34.3 Å². The van der Waals surface area contributed by atoms with Crippen LogP contribution in [0.25, 0.3) is 11.1 Å². The Hall–Kier alpha value is -0.980. The van der Waals surface area contributed by atoms with Gasteiger partial charge in [-0.3, -0.25) is 6.08 Å². The van der Waals surface area contributed by atoms with Gasteiger partial charge in [-0.05, 0) is 6.42 Å². The number of hydrogen-bond acceptors (Lipinski definition) is 0. The quantitative estimate of drug-likeness (QED) is 0.365. The molecule has 0 saturated heterocycles. The SMILES string of the molecule is CC[Si](=[Zr+2])CC.[C-]1=CC=CC1.[c-]1cccc2c1Cc1ccccc1-2. The molecule has 120 valence electrons. The van der Waals surface area contributed by atoms with Crippen molar-refractivity contribution in [2.24, 2.45) is 0 Å². The van der Waals surface area contributed by atoms with E-state index in [2.05, 4.69) is 68.5 Å². The third-order valence-electron chi connectivity index (χ3n) is 4.06. The molecule has 0 N–H and O–H groups in total. The third-order valence-corrected chi connectivity index (χ3v) is 11.0.